The molecule has 0 N–H and O–H groups in total. The van der Waals surface area contributed by atoms with Crippen LogP contribution >= 0.6 is 12.2 Å². The van der Waals surface area contributed by atoms with Crippen molar-refractivity contribution in [2.75, 3.05) is 18.6 Å². The molecule has 1 aliphatic rings. The van der Waals surface area contributed by atoms with E-state index in [-0.39, 0.29) is 5.91 Å². The maximum atomic E-state index is 13.0. The summed E-state index contributed by atoms with van der Waals surface area (Å²) < 4.78 is 5.46. The Balaban J connectivity index is 1.89. The average molecular weight is 366 g/mol. The minimum atomic E-state index is -0.124. The van der Waals surface area contributed by atoms with Gasteiger partial charge in [0.15, 0.2) is 5.11 Å². The number of hydrogen-bond donors (Lipinski definition) is 0. The van der Waals surface area contributed by atoms with Crippen LogP contribution in [0.2, 0.25) is 0 Å². The van der Waals surface area contributed by atoms with Gasteiger partial charge in [0, 0.05) is 7.05 Å². The summed E-state index contributed by atoms with van der Waals surface area (Å²) in [6.07, 6.45) is 2.87. The molecule has 0 atom stereocenters. The average Bonchev–Trinajstić information content (AvgIpc) is 2.87. The van der Waals surface area contributed by atoms with E-state index in [9.17, 15) is 4.79 Å². The first-order chi connectivity index (χ1) is 12.5. The lowest BCUT2D eigenvalue weighted by atomic mass is 10.1. The summed E-state index contributed by atoms with van der Waals surface area (Å²) in [5.74, 6) is 0.648. The number of hydrogen-bond acceptors (Lipinski definition) is 3. The molecule has 1 amide bonds. The number of nitrogens with zero attached hydrogens (tertiary/aromatic N) is 2. The SMILES string of the molecule is CCOc1ccc(N2C(=O)/C(=C/c3ccc(CC)cc3)N(C)C2=S)cc1. The zero-order chi connectivity index (χ0) is 18.7. The minimum Gasteiger partial charge on any atom is -0.494 e. The van der Waals surface area contributed by atoms with E-state index in [1.807, 2.05) is 56.4 Å². The second kappa shape index (κ2) is 7.70. The van der Waals surface area contributed by atoms with Crippen LogP contribution < -0.4 is 9.64 Å². The van der Waals surface area contributed by atoms with Crippen LogP contribution in [0, 0.1) is 0 Å². The van der Waals surface area contributed by atoms with Gasteiger partial charge in [0.2, 0.25) is 0 Å². The highest BCUT2D eigenvalue weighted by atomic mass is 32.1. The van der Waals surface area contributed by atoms with Crippen LogP contribution in [0.1, 0.15) is 25.0 Å². The summed E-state index contributed by atoms with van der Waals surface area (Å²) in [5.41, 5.74) is 3.55. The van der Waals surface area contributed by atoms with Crippen molar-refractivity contribution in [3.63, 3.8) is 0 Å². The van der Waals surface area contributed by atoms with Gasteiger partial charge in [-0.3, -0.25) is 9.69 Å². The Bertz CT molecular complexity index is 841. The van der Waals surface area contributed by atoms with Gasteiger partial charge in [0.25, 0.3) is 5.91 Å². The maximum absolute atomic E-state index is 13.0. The highest BCUT2D eigenvalue weighted by molar-refractivity contribution is 7.80. The molecule has 0 radical (unpaired) electrons. The molecule has 0 spiro atoms. The van der Waals surface area contributed by atoms with Crippen molar-refractivity contribution in [2.45, 2.75) is 20.3 Å². The first-order valence-corrected chi connectivity index (χ1v) is 9.11. The standard InChI is InChI=1S/C21H22N2O2S/c1-4-15-6-8-16(9-7-15)14-19-20(24)23(21(26)22(19)3)17-10-12-18(13-11-17)25-5-2/h6-14H,4-5H2,1-3H3/b19-14-. The fourth-order valence-corrected chi connectivity index (χ4v) is 3.14. The van der Waals surface area contributed by atoms with E-state index in [2.05, 4.69) is 19.1 Å². The smallest absolute Gasteiger partial charge is 0.281 e. The largest absolute Gasteiger partial charge is 0.494 e. The van der Waals surface area contributed by atoms with Gasteiger partial charge >= 0.3 is 0 Å². The molecule has 1 aliphatic heterocycles. The van der Waals surface area contributed by atoms with E-state index in [1.165, 1.54) is 5.56 Å². The fraction of sp³-hybridized carbons (Fsp3) is 0.238. The molecule has 2 aromatic carbocycles. The number of carbonyl (C=O) groups excluding carboxylic acids is 1. The van der Waals surface area contributed by atoms with Crippen molar-refractivity contribution < 1.29 is 9.53 Å². The number of likely N-dealkylation sites (N-methyl/N-ethyl adjacent to an activating group) is 1. The quantitative estimate of drug-likeness (QED) is 0.585. The molecule has 0 aromatic heterocycles. The Kier molecular flexibility index (Phi) is 5.38. The number of amides is 1. The van der Waals surface area contributed by atoms with Crippen molar-refractivity contribution >= 4 is 35.0 Å². The van der Waals surface area contributed by atoms with Gasteiger partial charge in [-0.1, -0.05) is 31.2 Å². The van der Waals surface area contributed by atoms with Gasteiger partial charge in [-0.25, -0.2) is 0 Å². The summed E-state index contributed by atoms with van der Waals surface area (Å²) in [6, 6.07) is 15.6. The first-order valence-electron chi connectivity index (χ1n) is 8.70. The summed E-state index contributed by atoms with van der Waals surface area (Å²) in [7, 11) is 1.82. The third-order valence-corrected chi connectivity index (χ3v) is 4.82. The van der Waals surface area contributed by atoms with Gasteiger partial charge < -0.3 is 9.64 Å². The molecule has 1 fully saturated rings. The number of ether oxygens (including phenoxy) is 1. The van der Waals surface area contributed by atoms with Crippen molar-refractivity contribution in [1.29, 1.82) is 0 Å². The molecule has 134 valence electrons. The lowest BCUT2D eigenvalue weighted by Gasteiger charge is -2.16. The Morgan fingerprint density at radius 1 is 1.04 bits per heavy atom. The van der Waals surface area contributed by atoms with E-state index in [0.717, 1.165) is 23.4 Å². The molecule has 5 heteroatoms. The molecule has 1 heterocycles. The maximum Gasteiger partial charge on any atom is 0.281 e. The molecule has 0 aliphatic carbocycles. The van der Waals surface area contributed by atoms with Crippen molar-refractivity contribution in [3.05, 3.63) is 65.4 Å². The van der Waals surface area contributed by atoms with E-state index in [0.29, 0.717) is 17.4 Å². The Morgan fingerprint density at radius 3 is 2.27 bits per heavy atom. The first kappa shape index (κ1) is 18.1. The van der Waals surface area contributed by atoms with Gasteiger partial charge in [-0.05, 0) is 67.0 Å². The number of aryl methyl sites for hydroxylation is 1. The predicted octanol–water partition coefficient (Wildman–Crippen LogP) is 4.25. The number of benzene rings is 2. The number of rotatable bonds is 5. The summed E-state index contributed by atoms with van der Waals surface area (Å²) >= 11 is 5.50. The molecular weight excluding hydrogens is 344 g/mol. The number of thiocarbonyl (C=S) groups is 1. The van der Waals surface area contributed by atoms with Crippen LogP contribution in [0.25, 0.3) is 6.08 Å². The predicted molar refractivity (Wildman–Crippen MR) is 109 cm³/mol. The van der Waals surface area contributed by atoms with Crippen LogP contribution in [0.4, 0.5) is 5.69 Å². The molecule has 0 saturated carbocycles. The monoisotopic (exact) mass is 366 g/mol. The van der Waals surface area contributed by atoms with E-state index >= 15 is 0 Å². The number of carbonyl (C=O) groups is 1. The fourth-order valence-electron chi connectivity index (χ4n) is 2.85. The third kappa shape index (κ3) is 3.48. The zero-order valence-corrected chi connectivity index (χ0v) is 16.0. The van der Waals surface area contributed by atoms with E-state index in [4.69, 9.17) is 17.0 Å². The van der Waals surface area contributed by atoms with Crippen LogP contribution in [0.5, 0.6) is 5.75 Å². The molecule has 1 saturated heterocycles. The number of anilines is 1. The van der Waals surface area contributed by atoms with Gasteiger partial charge in [0.1, 0.15) is 11.4 Å². The van der Waals surface area contributed by atoms with Crippen LogP contribution in [-0.4, -0.2) is 29.6 Å². The zero-order valence-electron chi connectivity index (χ0n) is 15.2. The highest BCUT2D eigenvalue weighted by Gasteiger charge is 2.36. The molecular formula is C21H22N2O2S. The van der Waals surface area contributed by atoms with Crippen molar-refractivity contribution in [1.82, 2.24) is 4.90 Å². The summed E-state index contributed by atoms with van der Waals surface area (Å²) in [5, 5.41) is 0.468. The van der Waals surface area contributed by atoms with Gasteiger partial charge in [-0.2, -0.15) is 0 Å². The highest BCUT2D eigenvalue weighted by Crippen LogP contribution is 2.29. The van der Waals surface area contributed by atoms with Crippen LogP contribution in [0.15, 0.2) is 54.2 Å². The van der Waals surface area contributed by atoms with E-state index in [1.54, 1.807) is 9.80 Å². The lowest BCUT2D eigenvalue weighted by Crippen LogP contribution is -2.31. The van der Waals surface area contributed by atoms with Gasteiger partial charge in [0.05, 0.1) is 12.3 Å². The summed E-state index contributed by atoms with van der Waals surface area (Å²) in [6.45, 7) is 4.66. The van der Waals surface area contributed by atoms with E-state index < -0.39 is 0 Å². The van der Waals surface area contributed by atoms with Crippen molar-refractivity contribution in [3.8, 4) is 5.75 Å². The van der Waals surface area contributed by atoms with Crippen molar-refractivity contribution in [2.24, 2.45) is 0 Å². The van der Waals surface area contributed by atoms with Crippen LogP contribution in [-0.2, 0) is 11.2 Å². The molecule has 26 heavy (non-hydrogen) atoms. The van der Waals surface area contributed by atoms with Crippen LogP contribution in [0.3, 0.4) is 0 Å². The Labute approximate surface area is 159 Å². The molecule has 4 nitrogen and oxygen atoms in total. The Morgan fingerprint density at radius 2 is 1.69 bits per heavy atom. The third-order valence-electron chi connectivity index (χ3n) is 4.36. The Hall–Kier alpha value is -2.66. The summed E-state index contributed by atoms with van der Waals surface area (Å²) in [4.78, 5) is 16.3. The molecule has 0 bridgehead atoms. The second-order valence-corrected chi connectivity index (χ2v) is 6.40. The normalized spacial score (nSPS) is 15.9. The second-order valence-electron chi connectivity index (χ2n) is 6.03. The molecule has 2 aromatic rings. The molecule has 0 unspecified atom stereocenters. The minimum absolute atomic E-state index is 0.124. The molecule has 3 rings (SSSR count). The lowest BCUT2D eigenvalue weighted by molar-refractivity contribution is -0.114. The van der Waals surface area contributed by atoms with Gasteiger partial charge in [-0.15, -0.1) is 0 Å². The topological polar surface area (TPSA) is 32.8 Å².